The van der Waals surface area contributed by atoms with Crippen molar-refractivity contribution < 1.29 is 24.4 Å². The molecule has 1 aliphatic rings. The molecule has 0 saturated heterocycles. The average molecular weight is 338 g/mol. The largest absolute Gasteiger partial charge is 0.454 e. The van der Waals surface area contributed by atoms with E-state index < -0.39 is 5.60 Å². The summed E-state index contributed by atoms with van der Waals surface area (Å²) in [5.41, 5.74) is 1.29. The third-order valence-electron chi connectivity index (χ3n) is 4.36. The van der Waals surface area contributed by atoms with E-state index in [-0.39, 0.29) is 26.6 Å². The molecule has 0 bridgehead atoms. The van der Waals surface area contributed by atoms with Crippen molar-refractivity contribution in [2.75, 3.05) is 26.6 Å². The van der Waals surface area contributed by atoms with Crippen molar-refractivity contribution in [3.8, 4) is 11.5 Å². The number of rotatable bonds is 11. The van der Waals surface area contributed by atoms with Crippen molar-refractivity contribution in [2.24, 2.45) is 0 Å². The predicted octanol–water partition coefficient (Wildman–Crippen LogP) is 2.84. The molecule has 0 saturated carbocycles. The molecule has 0 aromatic heterocycles. The molecule has 2 N–H and O–H groups in total. The molecular weight excluding hydrogens is 308 g/mol. The lowest BCUT2D eigenvalue weighted by Gasteiger charge is -2.29. The standard InChI is InChI=1S/C19H30O5/c1-3-5-9-19(21,13-22-11-10-20)12-15-7-8-17-18(24-14-23-17)16(15)6-4-2/h7-8,20-21H,3-6,9-14H2,1-2H3. The molecule has 24 heavy (non-hydrogen) atoms. The molecule has 0 aliphatic carbocycles. The van der Waals surface area contributed by atoms with E-state index in [9.17, 15) is 5.11 Å². The third kappa shape index (κ3) is 4.85. The van der Waals surface area contributed by atoms with E-state index in [1.54, 1.807) is 0 Å². The zero-order valence-electron chi connectivity index (χ0n) is 14.8. The normalized spacial score (nSPS) is 15.5. The maximum atomic E-state index is 11.1. The fraction of sp³-hybridized carbons (Fsp3) is 0.684. The molecule has 1 atom stereocenters. The highest BCUT2D eigenvalue weighted by atomic mass is 16.7. The molecule has 1 heterocycles. The van der Waals surface area contributed by atoms with Gasteiger partial charge in [0.1, 0.15) is 0 Å². The maximum Gasteiger partial charge on any atom is 0.231 e. The molecule has 5 nitrogen and oxygen atoms in total. The van der Waals surface area contributed by atoms with Crippen LogP contribution in [0.2, 0.25) is 0 Å². The van der Waals surface area contributed by atoms with Crippen LogP contribution in [0.15, 0.2) is 12.1 Å². The minimum absolute atomic E-state index is 0.0328. The summed E-state index contributed by atoms with van der Waals surface area (Å²) in [6.07, 6.45) is 5.04. The number of aliphatic hydroxyl groups is 2. The van der Waals surface area contributed by atoms with Gasteiger partial charge in [-0.2, -0.15) is 0 Å². The van der Waals surface area contributed by atoms with Gasteiger partial charge in [0, 0.05) is 12.0 Å². The van der Waals surface area contributed by atoms with Crippen LogP contribution < -0.4 is 9.47 Å². The molecule has 1 aromatic rings. The zero-order valence-corrected chi connectivity index (χ0v) is 14.8. The first-order valence-electron chi connectivity index (χ1n) is 8.95. The van der Waals surface area contributed by atoms with Crippen molar-refractivity contribution >= 4 is 0 Å². The quantitative estimate of drug-likeness (QED) is 0.607. The van der Waals surface area contributed by atoms with Gasteiger partial charge in [-0.05, 0) is 24.5 Å². The Morgan fingerprint density at radius 2 is 2.04 bits per heavy atom. The van der Waals surface area contributed by atoms with E-state index in [4.69, 9.17) is 19.3 Å². The van der Waals surface area contributed by atoms with E-state index in [2.05, 4.69) is 13.8 Å². The van der Waals surface area contributed by atoms with Gasteiger partial charge in [-0.15, -0.1) is 0 Å². The summed E-state index contributed by atoms with van der Waals surface area (Å²) in [7, 11) is 0. The summed E-state index contributed by atoms with van der Waals surface area (Å²) in [6.45, 7) is 4.94. The van der Waals surface area contributed by atoms with E-state index in [1.807, 2.05) is 12.1 Å². The van der Waals surface area contributed by atoms with Crippen LogP contribution in [0.3, 0.4) is 0 Å². The van der Waals surface area contributed by atoms with Crippen molar-refractivity contribution in [1.29, 1.82) is 0 Å². The number of hydrogen-bond acceptors (Lipinski definition) is 5. The highest BCUT2D eigenvalue weighted by Crippen LogP contribution is 2.39. The molecule has 1 aromatic carbocycles. The summed E-state index contributed by atoms with van der Waals surface area (Å²) in [6, 6.07) is 3.95. The summed E-state index contributed by atoms with van der Waals surface area (Å²) in [5, 5.41) is 20.0. The molecule has 0 spiro atoms. The second-order valence-electron chi connectivity index (χ2n) is 6.47. The van der Waals surface area contributed by atoms with Gasteiger partial charge in [-0.1, -0.05) is 39.2 Å². The molecule has 5 heteroatoms. The average Bonchev–Trinajstić information content (AvgIpc) is 3.04. The Labute approximate surface area is 144 Å². The van der Waals surface area contributed by atoms with Gasteiger partial charge in [-0.3, -0.25) is 0 Å². The van der Waals surface area contributed by atoms with E-state index in [0.717, 1.165) is 48.3 Å². The van der Waals surface area contributed by atoms with Gasteiger partial charge in [0.2, 0.25) is 6.79 Å². The van der Waals surface area contributed by atoms with Crippen LogP contribution in [0.25, 0.3) is 0 Å². The molecule has 1 unspecified atom stereocenters. The van der Waals surface area contributed by atoms with Crippen LogP contribution in [-0.4, -0.2) is 42.4 Å². The molecule has 1 aliphatic heterocycles. The zero-order chi connectivity index (χ0) is 17.4. The number of unbranched alkanes of at least 4 members (excludes halogenated alkanes) is 1. The van der Waals surface area contributed by atoms with E-state index >= 15 is 0 Å². The highest BCUT2D eigenvalue weighted by Gasteiger charge is 2.30. The molecule has 136 valence electrons. The van der Waals surface area contributed by atoms with Gasteiger partial charge in [0.15, 0.2) is 11.5 Å². The van der Waals surface area contributed by atoms with Crippen LogP contribution in [0.1, 0.15) is 50.7 Å². The number of benzene rings is 1. The van der Waals surface area contributed by atoms with E-state index in [0.29, 0.717) is 12.8 Å². The highest BCUT2D eigenvalue weighted by molar-refractivity contribution is 5.52. The first kappa shape index (κ1) is 19.0. The number of fused-ring (bicyclic) bond motifs is 1. The summed E-state index contributed by atoms with van der Waals surface area (Å²) in [5.74, 6) is 1.61. The van der Waals surface area contributed by atoms with E-state index in [1.165, 1.54) is 0 Å². The second kappa shape index (κ2) is 9.25. The summed E-state index contributed by atoms with van der Waals surface area (Å²) >= 11 is 0. The van der Waals surface area contributed by atoms with Gasteiger partial charge in [0.25, 0.3) is 0 Å². The Morgan fingerprint density at radius 1 is 1.21 bits per heavy atom. The Hall–Kier alpha value is -1.30. The van der Waals surface area contributed by atoms with Crippen LogP contribution in [0, 0.1) is 0 Å². The molecule has 0 radical (unpaired) electrons. The second-order valence-corrected chi connectivity index (χ2v) is 6.47. The van der Waals surface area contributed by atoms with Crippen LogP contribution >= 0.6 is 0 Å². The van der Waals surface area contributed by atoms with Crippen LogP contribution in [0.5, 0.6) is 11.5 Å². The van der Waals surface area contributed by atoms with Crippen molar-refractivity contribution in [3.63, 3.8) is 0 Å². The molecule has 0 amide bonds. The summed E-state index contributed by atoms with van der Waals surface area (Å²) < 4.78 is 16.6. The van der Waals surface area contributed by atoms with Crippen LogP contribution in [0.4, 0.5) is 0 Å². The molecule has 2 rings (SSSR count). The summed E-state index contributed by atoms with van der Waals surface area (Å²) in [4.78, 5) is 0. The number of hydrogen-bond donors (Lipinski definition) is 2. The smallest absolute Gasteiger partial charge is 0.231 e. The first-order chi connectivity index (χ1) is 11.6. The number of ether oxygens (including phenoxy) is 3. The van der Waals surface area contributed by atoms with Gasteiger partial charge < -0.3 is 24.4 Å². The Kier molecular flexibility index (Phi) is 7.34. The Morgan fingerprint density at radius 3 is 2.75 bits per heavy atom. The van der Waals surface area contributed by atoms with Gasteiger partial charge in [-0.25, -0.2) is 0 Å². The monoisotopic (exact) mass is 338 g/mol. The van der Waals surface area contributed by atoms with Crippen molar-refractivity contribution in [2.45, 2.75) is 58.0 Å². The maximum absolute atomic E-state index is 11.1. The fourth-order valence-corrected chi connectivity index (χ4v) is 3.16. The minimum Gasteiger partial charge on any atom is -0.454 e. The van der Waals surface area contributed by atoms with Crippen LogP contribution in [-0.2, 0) is 17.6 Å². The van der Waals surface area contributed by atoms with Gasteiger partial charge in [0.05, 0.1) is 25.4 Å². The minimum atomic E-state index is -0.929. The topological polar surface area (TPSA) is 68.2 Å². The lowest BCUT2D eigenvalue weighted by atomic mass is 9.87. The SMILES string of the molecule is CCCCC(O)(COCCO)Cc1ccc2c(c1CCC)OCO2. The van der Waals surface area contributed by atoms with Gasteiger partial charge >= 0.3 is 0 Å². The lowest BCUT2D eigenvalue weighted by molar-refractivity contribution is -0.0583. The number of aliphatic hydroxyl groups excluding tert-OH is 1. The Balaban J connectivity index is 2.21. The molecule has 0 fully saturated rings. The Bertz CT molecular complexity index is 517. The lowest BCUT2D eigenvalue weighted by Crippen LogP contribution is -2.37. The molecular formula is C19H30O5. The predicted molar refractivity (Wildman–Crippen MR) is 92.6 cm³/mol. The van der Waals surface area contributed by atoms with Crippen molar-refractivity contribution in [1.82, 2.24) is 0 Å². The fourth-order valence-electron chi connectivity index (χ4n) is 3.16. The third-order valence-corrected chi connectivity index (χ3v) is 4.36. The first-order valence-corrected chi connectivity index (χ1v) is 8.95. The van der Waals surface area contributed by atoms with Crippen molar-refractivity contribution in [3.05, 3.63) is 23.3 Å².